The Balaban J connectivity index is 0.000000112. The van der Waals surface area contributed by atoms with E-state index in [1.165, 1.54) is 98.7 Å². The van der Waals surface area contributed by atoms with Crippen LogP contribution in [-0.4, -0.2) is 0 Å². The Kier molecular flexibility index (Phi) is 22.3. The first-order valence-electron chi connectivity index (χ1n) is 48.4. The Morgan fingerprint density at radius 2 is 0.387 bits per heavy atom. The van der Waals surface area contributed by atoms with Crippen LogP contribution in [-0.2, 0) is 0 Å². The lowest BCUT2D eigenvalue weighted by Crippen LogP contribution is -2.10. The zero-order valence-electron chi connectivity index (χ0n) is 77.6. The number of anilines is 9. The largest absolute Gasteiger partial charge is 0.455 e. The van der Waals surface area contributed by atoms with Gasteiger partial charge in [0, 0.05) is 99.9 Å². The van der Waals surface area contributed by atoms with E-state index in [4.69, 9.17) is 13.3 Å². The highest BCUT2D eigenvalue weighted by Crippen LogP contribution is 2.49. The third kappa shape index (κ3) is 16.2. The van der Waals surface area contributed by atoms with Crippen molar-refractivity contribution in [1.82, 2.24) is 0 Å². The molecule has 0 N–H and O–H groups in total. The first kappa shape index (κ1) is 84.8. The maximum atomic E-state index is 6.46. The molecule has 24 aromatic carbocycles. The topological polar surface area (TPSA) is 49.1 Å². The molecule has 0 saturated carbocycles. The molecule has 0 amide bonds. The quantitative estimate of drug-likeness (QED) is 0.0847. The van der Waals surface area contributed by atoms with Gasteiger partial charge in [-0.2, -0.15) is 0 Å². The summed E-state index contributed by atoms with van der Waals surface area (Å²) in [5.74, 6) is 0. The van der Waals surface area contributed by atoms with Crippen LogP contribution >= 0.6 is 0 Å². The monoisotopic (exact) mass is 1810 g/mol. The summed E-state index contributed by atoms with van der Waals surface area (Å²) >= 11 is 0. The minimum absolute atomic E-state index is 0.904. The van der Waals surface area contributed by atoms with Gasteiger partial charge in [0.05, 0.1) is 5.69 Å². The summed E-state index contributed by atoms with van der Waals surface area (Å²) < 4.78 is 19.3. The minimum Gasteiger partial charge on any atom is -0.455 e. The molecule has 0 aliphatic rings. The van der Waals surface area contributed by atoms with E-state index in [2.05, 4.69) is 530 Å². The predicted molar refractivity (Wildman–Crippen MR) is 599 cm³/mol. The van der Waals surface area contributed by atoms with Gasteiger partial charge in [-0.15, -0.1) is 0 Å². The summed E-state index contributed by atoms with van der Waals surface area (Å²) in [5, 5.41) is 16.7. The van der Waals surface area contributed by atoms with Crippen molar-refractivity contribution < 1.29 is 13.3 Å². The molecule has 6 nitrogen and oxygen atoms in total. The highest BCUT2D eigenvalue weighted by molar-refractivity contribution is 6.15. The molecule has 668 valence electrons. The summed E-state index contributed by atoms with van der Waals surface area (Å²) in [7, 11) is 0. The van der Waals surface area contributed by atoms with Gasteiger partial charge in [0.2, 0.25) is 0 Å². The maximum absolute atomic E-state index is 6.46. The molecule has 0 aliphatic heterocycles. The Hall–Kier alpha value is -18.9. The van der Waals surface area contributed by atoms with Gasteiger partial charge in [-0.1, -0.05) is 431 Å². The van der Waals surface area contributed by atoms with Crippen LogP contribution in [0, 0.1) is 0 Å². The number of para-hydroxylation sites is 6. The van der Waals surface area contributed by atoms with Crippen molar-refractivity contribution in [3.8, 4) is 89.0 Å². The second-order valence-corrected chi connectivity index (χ2v) is 36.0. The van der Waals surface area contributed by atoms with Gasteiger partial charge in [-0.3, -0.25) is 0 Å². The lowest BCUT2D eigenvalue weighted by Gasteiger charge is -2.28. The SMILES string of the molecule is c1ccc(-c2ccc(N(c3ccc(-c4cccc5ccccc45)cc3)c3cccc(-c4cccc5c4oc4ccccc45)c3)cc2)cc1.c1ccc(-c2ccc(N(c3cccc(-c4cccc5c4oc4ccccc45)c3)c3ccc(-c4ccccc4)c4ccccc34)cc2)cc1.c1ccc(-c2ccc(N(c3cccc(-c4cccc5c4oc4ccccc45)c3)c3ccc4c(ccc5ccccc54)c3)cc2)cc1. The van der Waals surface area contributed by atoms with Crippen LogP contribution in [0.1, 0.15) is 0 Å². The van der Waals surface area contributed by atoms with Crippen LogP contribution in [0.25, 0.3) is 198 Å². The Bertz CT molecular complexity index is 9330. The van der Waals surface area contributed by atoms with Crippen molar-refractivity contribution in [2.45, 2.75) is 0 Å². The number of hydrogen-bond donors (Lipinski definition) is 0. The van der Waals surface area contributed by atoms with Gasteiger partial charge in [0.25, 0.3) is 0 Å². The summed E-state index contributed by atoms with van der Waals surface area (Å²) in [4.78, 5) is 7.07. The van der Waals surface area contributed by atoms with Gasteiger partial charge < -0.3 is 28.0 Å². The third-order valence-electron chi connectivity index (χ3n) is 27.6. The smallest absolute Gasteiger partial charge is 0.143 e. The first-order valence-corrected chi connectivity index (χ1v) is 48.4. The highest BCUT2D eigenvalue weighted by atomic mass is 16.3. The highest BCUT2D eigenvalue weighted by Gasteiger charge is 2.25. The zero-order valence-corrected chi connectivity index (χ0v) is 77.6. The van der Waals surface area contributed by atoms with E-state index in [1.807, 2.05) is 36.4 Å². The summed E-state index contributed by atoms with van der Waals surface area (Å²) in [6.45, 7) is 0. The van der Waals surface area contributed by atoms with Crippen LogP contribution in [0.15, 0.2) is 565 Å². The van der Waals surface area contributed by atoms with Gasteiger partial charge in [-0.25, -0.2) is 0 Å². The molecule has 0 aliphatic carbocycles. The number of furan rings is 3. The van der Waals surface area contributed by atoms with E-state index in [-0.39, 0.29) is 0 Å². The average molecular weight is 1820 g/mol. The molecule has 0 radical (unpaired) electrons. The van der Waals surface area contributed by atoms with E-state index in [1.54, 1.807) is 0 Å². The molecule has 6 heteroatoms. The second kappa shape index (κ2) is 37.3. The molecule has 0 atom stereocenters. The fourth-order valence-electron chi connectivity index (χ4n) is 20.7. The fraction of sp³-hybridized carbons (Fsp3) is 0. The number of benzene rings is 24. The van der Waals surface area contributed by atoms with Gasteiger partial charge in [0.1, 0.15) is 33.5 Å². The maximum Gasteiger partial charge on any atom is 0.143 e. The van der Waals surface area contributed by atoms with E-state index in [9.17, 15) is 0 Å². The van der Waals surface area contributed by atoms with Gasteiger partial charge in [0.15, 0.2) is 0 Å². The Morgan fingerprint density at radius 3 is 0.838 bits per heavy atom. The lowest BCUT2D eigenvalue weighted by atomic mass is 9.96. The van der Waals surface area contributed by atoms with Crippen LogP contribution in [0.4, 0.5) is 51.2 Å². The molecule has 0 spiro atoms. The molecule has 0 bridgehead atoms. The molecule has 3 heterocycles. The third-order valence-corrected chi connectivity index (χ3v) is 27.6. The Morgan fingerprint density at radius 1 is 0.120 bits per heavy atom. The van der Waals surface area contributed by atoms with Gasteiger partial charge in [-0.05, 0) is 231 Å². The van der Waals surface area contributed by atoms with Crippen molar-refractivity contribution in [1.29, 1.82) is 0 Å². The van der Waals surface area contributed by atoms with E-state index in [0.717, 1.165) is 150 Å². The van der Waals surface area contributed by atoms with Crippen molar-refractivity contribution >= 4 is 160 Å². The number of nitrogens with zero attached hydrogens (tertiary/aromatic N) is 3. The summed E-state index contributed by atoms with van der Waals surface area (Å²) in [6.07, 6.45) is 0. The Labute approximate surface area is 823 Å². The van der Waals surface area contributed by atoms with Crippen molar-refractivity contribution in [2.75, 3.05) is 14.7 Å². The first-order chi connectivity index (χ1) is 70.4. The zero-order chi connectivity index (χ0) is 94.2. The molecule has 27 aromatic rings. The minimum atomic E-state index is 0.904. The number of rotatable bonds is 17. The number of fused-ring (bicyclic) bond motifs is 14. The lowest BCUT2D eigenvalue weighted by molar-refractivity contribution is 0.669. The molecule has 0 unspecified atom stereocenters. The second-order valence-electron chi connectivity index (χ2n) is 36.0. The van der Waals surface area contributed by atoms with Crippen molar-refractivity contribution in [3.63, 3.8) is 0 Å². The standard InChI is InChI=1S/2C46H31NO.C44H29NO/c1-3-13-32(14-4-1)33-25-27-36(28-26-33)47(44-30-29-38(34-15-5-2-6-16-34)40-19-7-8-20-41(40)44)37-18-11-17-35(31-37)39-22-12-23-43-42-21-9-10-24-45(42)48-46(39)43;1-2-11-32(12-3-1)33-23-27-37(28-24-33)47(38-29-25-35(26-30-38)41-19-9-14-34-13-4-5-17-40(34)41)39-16-8-15-36(31-39)42-20-10-21-44-43-18-6-7-22-45(43)48-46(42)44;1-2-10-30(11-3-1)31-22-24-35(25-23-31)45(37-26-27-39-34(29-37)21-20-32-12-4-5-15-38(32)39)36-14-8-13-33(28-36)40-17-9-18-42-41-16-6-7-19-43(41)46-44(40)42/h2*1-31H;1-29H. The van der Waals surface area contributed by atoms with Crippen LogP contribution in [0.2, 0.25) is 0 Å². The summed E-state index contributed by atoms with van der Waals surface area (Å²) in [6, 6.07) is 197. The van der Waals surface area contributed by atoms with Crippen LogP contribution < -0.4 is 14.7 Å². The summed E-state index contributed by atoms with van der Waals surface area (Å²) in [5.41, 5.74) is 33.9. The molecule has 0 fully saturated rings. The molecule has 27 rings (SSSR count). The van der Waals surface area contributed by atoms with E-state index in [0.29, 0.717) is 0 Å². The number of hydrogen-bond acceptors (Lipinski definition) is 6. The van der Waals surface area contributed by atoms with Crippen LogP contribution in [0.3, 0.4) is 0 Å². The predicted octanol–water partition coefficient (Wildman–Crippen LogP) is 39.1. The molecular weight excluding hydrogens is 1720 g/mol. The fourth-order valence-corrected chi connectivity index (χ4v) is 20.7. The van der Waals surface area contributed by atoms with Crippen molar-refractivity contribution in [3.05, 3.63) is 552 Å². The van der Waals surface area contributed by atoms with Gasteiger partial charge >= 0.3 is 0 Å². The molecule has 142 heavy (non-hydrogen) atoms. The normalized spacial score (nSPS) is 11.4. The molecule has 3 aromatic heterocycles. The molecular formula is C136H91N3O3. The van der Waals surface area contributed by atoms with Crippen LogP contribution in [0.5, 0.6) is 0 Å². The van der Waals surface area contributed by atoms with Crippen molar-refractivity contribution in [2.24, 2.45) is 0 Å². The van der Waals surface area contributed by atoms with E-state index >= 15 is 0 Å². The molecule has 0 saturated heterocycles. The average Bonchev–Trinajstić information content (AvgIpc) is 1.30. The van der Waals surface area contributed by atoms with E-state index < -0.39 is 0 Å².